The van der Waals surface area contributed by atoms with Crippen molar-refractivity contribution in [2.45, 2.75) is 30.9 Å². The fourth-order valence-electron chi connectivity index (χ4n) is 2.72. The fourth-order valence-corrected chi connectivity index (χ4v) is 5.37. The zero-order valence-electron chi connectivity index (χ0n) is 10.5. The maximum absolute atomic E-state index is 12.2. The molecule has 0 radical (unpaired) electrons. The Bertz CT molecular complexity index is 450. The van der Waals surface area contributed by atoms with E-state index in [4.69, 9.17) is 0 Å². The Morgan fingerprint density at radius 1 is 1.22 bits per heavy atom. The monoisotopic (exact) mass is 278 g/mol. The Labute approximate surface area is 117 Å². The lowest BCUT2D eigenvalue weighted by atomic mass is 10.0. The van der Waals surface area contributed by atoms with E-state index in [1.807, 2.05) is 23.5 Å². The summed E-state index contributed by atoms with van der Waals surface area (Å²) >= 11 is 3.77. The third-order valence-electron chi connectivity index (χ3n) is 3.72. The number of carbonyl (C=O) groups excluding carboxylic acids is 1. The predicted molar refractivity (Wildman–Crippen MR) is 80.7 cm³/mol. The van der Waals surface area contributed by atoms with Crippen molar-refractivity contribution in [2.75, 3.05) is 17.3 Å². The van der Waals surface area contributed by atoms with Crippen LogP contribution in [0.3, 0.4) is 0 Å². The van der Waals surface area contributed by atoms with E-state index >= 15 is 0 Å². The lowest BCUT2D eigenvalue weighted by Crippen LogP contribution is -2.25. The molecule has 1 fully saturated rings. The van der Waals surface area contributed by atoms with Crippen molar-refractivity contribution < 1.29 is 4.79 Å². The van der Waals surface area contributed by atoms with E-state index in [-0.39, 0.29) is 5.25 Å². The van der Waals surface area contributed by atoms with Crippen molar-refractivity contribution in [1.82, 2.24) is 0 Å². The van der Waals surface area contributed by atoms with Gasteiger partial charge in [0.25, 0.3) is 0 Å². The summed E-state index contributed by atoms with van der Waals surface area (Å²) in [7, 11) is 0. The Morgan fingerprint density at radius 3 is 2.94 bits per heavy atom. The number of carbonyl (C=O) groups is 1. The smallest absolute Gasteiger partial charge is 0.151 e. The van der Waals surface area contributed by atoms with Crippen molar-refractivity contribution in [3.05, 3.63) is 34.9 Å². The zero-order valence-corrected chi connectivity index (χ0v) is 12.1. The van der Waals surface area contributed by atoms with Crippen molar-refractivity contribution in [1.29, 1.82) is 0 Å². The molecule has 3 rings (SSSR count). The summed E-state index contributed by atoms with van der Waals surface area (Å²) in [6, 6.07) is 6.65. The number of aryl methyl sites for hydroxylation is 2. The van der Waals surface area contributed by atoms with Crippen LogP contribution in [0, 0.1) is 0 Å². The molecule has 2 aliphatic rings. The van der Waals surface area contributed by atoms with E-state index in [0.717, 1.165) is 11.5 Å². The molecule has 1 aliphatic carbocycles. The number of Topliss-reactive ketones (excluding diaryl/α,β-unsaturated/α-hetero) is 1. The maximum Gasteiger partial charge on any atom is 0.151 e. The Morgan fingerprint density at radius 2 is 2.11 bits per heavy atom. The summed E-state index contributed by atoms with van der Waals surface area (Å²) in [5.41, 5.74) is 4.19. The molecule has 18 heavy (non-hydrogen) atoms. The van der Waals surface area contributed by atoms with E-state index in [1.165, 1.54) is 41.7 Å². The van der Waals surface area contributed by atoms with Crippen LogP contribution in [0.25, 0.3) is 0 Å². The van der Waals surface area contributed by atoms with Gasteiger partial charge in [-0.1, -0.05) is 18.2 Å². The largest absolute Gasteiger partial charge is 0.298 e. The standard InChI is InChI=1S/C15H18OS2/c16-14(15-10-17-6-7-18-15)9-11-4-5-12-2-1-3-13(12)8-11/h4-5,8,15H,1-3,6-7,9-10H2. The van der Waals surface area contributed by atoms with Crippen molar-refractivity contribution >= 4 is 29.3 Å². The molecule has 1 aliphatic heterocycles. The first kappa shape index (κ1) is 12.6. The van der Waals surface area contributed by atoms with Gasteiger partial charge in [0.05, 0.1) is 5.25 Å². The summed E-state index contributed by atoms with van der Waals surface area (Å²) in [4.78, 5) is 12.2. The summed E-state index contributed by atoms with van der Waals surface area (Å²) in [6.07, 6.45) is 4.33. The lowest BCUT2D eigenvalue weighted by Gasteiger charge is -2.19. The maximum atomic E-state index is 12.2. The average Bonchev–Trinajstić information content (AvgIpc) is 2.87. The molecule has 96 valence electrons. The Hall–Kier alpha value is -0.410. The number of rotatable bonds is 3. The molecule has 1 atom stereocenters. The minimum Gasteiger partial charge on any atom is -0.298 e. The number of hydrogen-bond donors (Lipinski definition) is 0. The summed E-state index contributed by atoms with van der Waals surface area (Å²) in [5.74, 6) is 3.76. The first-order chi connectivity index (χ1) is 8.83. The van der Waals surface area contributed by atoms with Gasteiger partial charge in [0.15, 0.2) is 5.78 Å². The topological polar surface area (TPSA) is 17.1 Å². The van der Waals surface area contributed by atoms with Crippen LogP contribution < -0.4 is 0 Å². The molecule has 1 saturated heterocycles. The number of hydrogen-bond acceptors (Lipinski definition) is 3. The van der Waals surface area contributed by atoms with Gasteiger partial charge in [0.1, 0.15) is 0 Å². The van der Waals surface area contributed by atoms with Crippen molar-refractivity contribution in [3.63, 3.8) is 0 Å². The van der Waals surface area contributed by atoms with E-state index in [2.05, 4.69) is 18.2 Å². The van der Waals surface area contributed by atoms with Gasteiger partial charge in [-0.05, 0) is 36.0 Å². The number of fused-ring (bicyclic) bond motifs is 1. The van der Waals surface area contributed by atoms with E-state index in [1.54, 1.807) is 0 Å². The number of ketones is 1. The highest BCUT2D eigenvalue weighted by atomic mass is 32.2. The molecule has 0 saturated carbocycles. The molecule has 0 spiro atoms. The molecule has 0 aromatic heterocycles. The molecular formula is C15H18OS2. The van der Waals surface area contributed by atoms with Crippen LogP contribution in [-0.2, 0) is 24.1 Å². The molecule has 1 unspecified atom stereocenters. The van der Waals surface area contributed by atoms with Gasteiger partial charge >= 0.3 is 0 Å². The quantitative estimate of drug-likeness (QED) is 0.845. The second-order valence-corrected chi connectivity index (χ2v) is 7.49. The van der Waals surface area contributed by atoms with Crippen LogP contribution in [0.15, 0.2) is 18.2 Å². The average molecular weight is 278 g/mol. The molecule has 3 heteroatoms. The minimum absolute atomic E-state index is 0.233. The second kappa shape index (κ2) is 5.70. The van der Waals surface area contributed by atoms with Crippen LogP contribution in [0.4, 0.5) is 0 Å². The SMILES string of the molecule is O=C(Cc1ccc2c(c1)CCC2)C1CSCCS1. The highest BCUT2D eigenvalue weighted by molar-refractivity contribution is 8.07. The molecular weight excluding hydrogens is 260 g/mol. The van der Waals surface area contributed by atoms with Crippen LogP contribution in [0.1, 0.15) is 23.1 Å². The minimum atomic E-state index is 0.233. The van der Waals surface area contributed by atoms with Crippen molar-refractivity contribution in [3.8, 4) is 0 Å². The highest BCUT2D eigenvalue weighted by Crippen LogP contribution is 2.27. The normalized spacial score (nSPS) is 22.8. The van der Waals surface area contributed by atoms with Gasteiger partial charge in [-0.15, -0.1) is 11.8 Å². The number of benzene rings is 1. The number of thioether (sulfide) groups is 2. The molecule has 0 N–H and O–H groups in total. The molecule has 1 nitrogen and oxygen atoms in total. The molecule has 1 aromatic carbocycles. The van der Waals surface area contributed by atoms with Crippen LogP contribution in [-0.4, -0.2) is 28.3 Å². The van der Waals surface area contributed by atoms with E-state index < -0.39 is 0 Å². The van der Waals surface area contributed by atoms with Gasteiger partial charge < -0.3 is 0 Å². The van der Waals surface area contributed by atoms with Crippen LogP contribution in [0.2, 0.25) is 0 Å². The lowest BCUT2D eigenvalue weighted by molar-refractivity contribution is -0.117. The highest BCUT2D eigenvalue weighted by Gasteiger charge is 2.22. The van der Waals surface area contributed by atoms with Gasteiger partial charge in [0, 0.05) is 23.7 Å². The van der Waals surface area contributed by atoms with Gasteiger partial charge in [-0.3, -0.25) is 4.79 Å². The van der Waals surface area contributed by atoms with Crippen molar-refractivity contribution in [2.24, 2.45) is 0 Å². The molecule has 0 bridgehead atoms. The third-order valence-corrected chi connectivity index (χ3v) is 6.52. The van der Waals surface area contributed by atoms with Gasteiger partial charge in [-0.2, -0.15) is 11.8 Å². The zero-order chi connectivity index (χ0) is 12.4. The Kier molecular flexibility index (Phi) is 4.00. The van der Waals surface area contributed by atoms with Crippen LogP contribution in [0.5, 0.6) is 0 Å². The predicted octanol–water partition coefficient (Wildman–Crippen LogP) is 3.14. The molecule has 1 aromatic rings. The second-order valence-electron chi connectivity index (χ2n) is 5.03. The summed E-state index contributed by atoms with van der Waals surface area (Å²) in [6.45, 7) is 0. The third kappa shape index (κ3) is 2.77. The van der Waals surface area contributed by atoms with E-state index in [0.29, 0.717) is 12.2 Å². The summed E-state index contributed by atoms with van der Waals surface area (Å²) < 4.78 is 0. The van der Waals surface area contributed by atoms with Gasteiger partial charge in [0.2, 0.25) is 0 Å². The summed E-state index contributed by atoms with van der Waals surface area (Å²) in [5, 5.41) is 0.233. The molecule has 0 amide bonds. The van der Waals surface area contributed by atoms with E-state index in [9.17, 15) is 4.79 Å². The first-order valence-electron chi connectivity index (χ1n) is 6.66. The van der Waals surface area contributed by atoms with Crippen LogP contribution >= 0.6 is 23.5 Å². The molecule has 1 heterocycles. The Balaban J connectivity index is 1.66. The first-order valence-corrected chi connectivity index (χ1v) is 8.86. The fraction of sp³-hybridized carbons (Fsp3) is 0.533. The van der Waals surface area contributed by atoms with Gasteiger partial charge in [-0.25, -0.2) is 0 Å².